The number of hydrogen-bond donors (Lipinski definition) is 2. The van der Waals surface area contributed by atoms with E-state index >= 15 is 0 Å². The van der Waals surface area contributed by atoms with Gasteiger partial charge in [-0.25, -0.2) is 8.42 Å². The summed E-state index contributed by atoms with van der Waals surface area (Å²) in [5.41, 5.74) is 1.67. The van der Waals surface area contributed by atoms with Gasteiger partial charge >= 0.3 is 0 Å². The molecule has 4 aromatic rings. The Labute approximate surface area is 223 Å². The fraction of sp³-hybridized carbons (Fsp3) is 0.0741. The van der Waals surface area contributed by atoms with Crippen molar-refractivity contribution in [3.05, 3.63) is 119 Å². The van der Waals surface area contributed by atoms with Gasteiger partial charge in [-0.15, -0.1) is 0 Å². The molecule has 37 heavy (non-hydrogen) atoms. The summed E-state index contributed by atoms with van der Waals surface area (Å²) >= 11 is 3.35. The normalized spacial score (nSPS) is 10.9. The molecule has 10 heteroatoms. The monoisotopic (exact) mass is 578 g/mol. The molecule has 0 aliphatic carbocycles. The number of anilines is 2. The highest BCUT2D eigenvalue weighted by Gasteiger charge is 2.27. The highest BCUT2D eigenvalue weighted by Crippen LogP contribution is 2.25. The van der Waals surface area contributed by atoms with Crippen LogP contribution < -0.4 is 14.9 Å². The van der Waals surface area contributed by atoms with Gasteiger partial charge in [-0.2, -0.15) is 0 Å². The summed E-state index contributed by atoms with van der Waals surface area (Å²) < 4.78 is 28.7. The van der Waals surface area contributed by atoms with E-state index in [1.54, 1.807) is 85.2 Å². The third-order valence-electron chi connectivity index (χ3n) is 5.35. The average molecular weight is 579 g/mol. The van der Waals surface area contributed by atoms with Crippen molar-refractivity contribution in [1.82, 2.24) is 10.3 Å². The molecule has 2 N–H and O–H groups in total. The largest absolute Gasteiger partial charge is 0.348 e. The van der Waals surface area contributed by atoms with E-state index < -0.39 is 22.5 Å². The van der Waals surface area contributed by atoms with Gasteiger partial charge in [0.25, 0.3) is 15.9 Å². The molecule has 0 unspecified atom stereocenters. The number of para-hydroxylation sites is 1. The quantitative estimate of drug-likeness (QED) is 0.301. The fourth-order valence-corrected chi connectivity index (χ4v) is 5.24. The zero-order valence-electron chi connectivity index (χ0n) is 19.5. The third-order valence-corrected chi connectivity index (χ3v) is 7.67. The minimum absolute atomic E-state index is 0.0564. The van der Waals surface area contributed by atoms with Crippen LogP contribution in [0.1, 0.15) is 15.9 Å². The van der Waals surface area contributed by atoms with E-state index in [2.05, 4.69) is 31.5 Å². The SMILES string of the molecule is O=C(CN(c1ccc(Br)cc1)S(=O)(=O)c1ccccc1)Nc1ccccc1C(=O)NCc1cccnc1. The summed E-state index contributed by atoms with van der Waals surface area (Å²) in [6.07, 6.45) is 3.30. The molecule has 188 valence electrons. The first-order chi connectivity index (χ1) is 17.8. The highest BCUT2D eigenvalue weighted by atomic mass is 79.9. The lowest BCUT2D eigenvalue weighted by Crippen LogP contribution is -2.38. The van der Waals surface area contributed by atoms with Gasteiger partial charge in [0.05, 0.1) is 21.8 Å². The van der Waals surface area contributed by atoms with E-state index in [1.807, 2.05) is 6.07 Å². The Morgan fingerprint density at radius 1 is 0.865 bits per heavy atom. The van der Waals surface area contributed by atoms with E-state index in [-0.39, 0.29) is 28.6 Å². The number of carbonyl (C=O) groups excluding carboxylic acids is 2. The number of carbonyl (C=O) groups is 2. The number of amides is 2. The van der Waals surface area contributed by atoms with Crippen molar-refractivity contribution >= 4 is 49.1 Å². The molecule has 0 atom stereocenters. The van der Waals surface area contributed by atoms with Crippen LogP contribution in [0.5, 0.6) is 0 Å². The average Bonchev–Trinajstić information content (AvgIpc) is 2.92. The van der Waals surface area contributed by atoms with Gasteiger partial charge in [0.2, 0.25) is 5.91 Å². The second kappa shape index (κ2) is 11.8. The molecular formula is C27H23BrN4O4S. The van der Waals surface area contributed by atoms with Gasteiger partial charge in [-0.05, 0) is 60.2 Å². The van der Waals surface area contributed by atoms with Crippen LogP contribution in [0, 0.1) is 0 Å². The van der Waals surface area contributed by atoms with Crippen molar-refractivity contribution in [3.8, 4) is 0 Å². The van der Waals surface area contributed by atoms with E-state index in [9.17, 15) is 18.0 Å². The number of benzene rings is 3. The minimum atomic E-state index is -4.05. The number of sulfonamides is 1. The molecule has 1 heterocycles. The molecule has 4 rings (SSSR count). The summed E-state index contributed by atoms with van der Waals surface area (Å²) in [5.74, 6) is -0.989. The number of nitrogens with one attached hydrogen (secondary N) is 2. The van der Waals surface area contributed by atoms with Crippen LogP contribution >= 0.6 is 15.9 Å². The molecule has 8 nitrogen and oxygen atoms in total. The molecule has 3 aromatic carbocycles. The van der Waals surface area contributed by atoms with Crippen molar-refractivity contribution < 1.29 is 18.0 Å². The van der Waals surface area contributed by atoms with E-state index in [4.69, 9.17) is 0 Å². The highest BCUT2D eigenvalue weighted by molar-refractivity contribution is 9.10. The van der Waals surface area contributed by atoms with Crippen molar-refractivity contribution in [2.45, 2.75) is 11.4 Å². The van der Waals surface area contributed by atoms with Gasteiger partial charge in [0, 0.05) is 23.4 Å². The third kappa shape index (κ3) is 6.60. The number of hydrogen-bond acceptors (Lipinski definition) is 5. The maximum Gasteiger partial charge on any atom is 0.264 e. The van der Waals surface area contributed by atoms with Crippen LogP contribution in [0.4, 0.5) is 11.4 Å². The molecule has 0 saturated heterocycles. The van der Waals surface area contributed by atoms with E-state index in [0.717, 1.165) is 14.3 Å². The molecule has 0 aliphatic heterocycles. The lowest BCUT2D eigenvalue weighted by Gasteiger charge is -2.24. The smallest absolute Gasteiger partial charge is 0.264 e. The number of halogens is 1. The lowest BCUT2D eigenvalue weighted by molar-refractivity contribution is -0.114. The molecule has 0 saturated carbocycles. The second-order valence-electron chi connectivity index (χ2n) is 7.94. The molecule has 0 bridgehead atoms. The summed E-state index contributed by atoms with van der Waals surface area (Å²) in [7, 11) is -4.05. The summed E-state index contributed by atoms with van der Waals surface area (Å²) in [6, 6.07) is 24.7. The molecule has 1 aromatic heterocycles. The molecule has 0 radical (unpaired) electrons. The molecule has 0 spiro atoms. The Balaban J connectivity index is 1.55. The van der Waals surface area contributed by atoms with Gasteiger partial charge < -0.3 is 10.6 Å². The van der Waals surface area contributed by atoms with Gasteiger partial charge in [0.1, 0.15) is 6.54 Å². The minimum Gasteiger partial charge on any atom is -0.348 e. The first-order valence-electron chi connectivity index (χ1n) is 11.2. The summed E-state index contributed by atoms with van der Waals surface area (Å²) in [4.78, 5) is 30.1. The lowest BCUT2D eigenvalue weighted by atomic mass is 10.1. The maximum atomic E-state index is 13.5. The Morgan fingerprint density at radius 3 is 2.27 bits per heavy atom. The fourth-order valence-electron chi connectivity index (χ4n) is 3.53. The summed E-state index contributed by atoms with van der Waals surface area (Å²) in [6.45, 7) is -0.230. The van der Waals surface area contributed by atoms with Crippen LogP contribution in [0.15, 0.2) is 113 Å². The van der Waals surface area contributed by atoms with Crippen molar-refractivity contribution in [1.29, 1.82) is 0 Å². The Morgan fingerprint density at radius 2 is 1.57 bits per heavy atom. The number of nitrogens with zero attached hydrogens (tertiary/aromatic N) is 2. The van der Waals surface area contributed by atoms with Gasteiger partial charge in [0.15, 0.2) is 0 Å². The van der Waals surface area contributed by atoms with Crippen molar-refractivity contribution in [3.63, 3.8) is 0 Å². The standard InChI is InChI=1S/C27H23BrN4O4S/c28-21-12-14-22(15-13-21)32(37(35,36)23-8-2-1-3-9-23)19-26(33)31-25-11-5-4-10-24(25)27(34)30-18-20-7-6-16-29-17-20/h1-17H,18-19H2,(H,30,34)(H,31,33). The van der Waals surface area contributed by atoms with Crippen LogP contribution in [-0.2, 0) is 21.4 Å². The van der Waals surface area contributed by atoms with Crippen molar-refractivity contribution in [2.75, 3.05) is 16.2 Å². The van der Waals surface area contributed by atoms with E-state index in [0.29, 0.717) is 5.69 Å². The van der Waals surface area contributed by atoms with E-state index in [1.165, 1.54) is 12.1 Å². The predicted molar refractivity (Wildman–Crippen MR) is 146 cm³/mol. The summed E-state index contributed by atoms with van der Waals surface area (Å²) in [5, 5.41) is 5.50. The van der Waals surface area contributed by atoms with Crippen molar-refractivity contribution in [2.24, 2.45) is 0 Å². The number of rotatable bonds is 9. The Kier molecular flexibility index (Phi) is 8.32. The topological polar surface area (TPSA) is 108 Å². The molecule has 0 aliphatic rings. The zero-order valence-corrected chi connectivity index (χ0v) is 21.9. The number of pyridine rings is 1. The predicted octanol–water partition coefficient (Wildman–Crippen LogP) is 4.61. The first-order valence-corrected chi connectivity index (χ1v) is 13.5. The van der Waals surface area contributed by atoms with Crippen LogP contribution in [0.2, 0.25) is 0 Å². The van der Waals surface area contributed by atoms with Crippen LogP contribution in [0.3, 0.4) is 0 Å². The molecular weight excluding hydrogens is 556 g/mol. The van der Waals surface area contributed by atoms with Crippen LogP contribution in [-0.4, -0.2) is 31.8 Å². The first kappa shape index (κ1) is 26.1. The zero-order chi connectivity index (χ0) is 26.3. The van der Waals surface area contributed by atoms with Gasteiger partial charge in [-0.3, -0.25) is 18.9 Å². The number of aromatic nitrogens is 1. The van der Waals surface area contributed by atoms with Gasteiger partial charge in [-0.1, -0.05) is 52.3 Å². The molecule has 0 fully saturated rings. The maximum absolute atomic E-state index is 13.5. The Hall–Kier alpha value is -4.02. The Bertz CT molecular complexity index is 1480. The second-order valence-corrected chi connectivity index (χ2v) is 10.7. The molecule has 2 amide bonds. The van der Waals surface area contributed by atoms with Crippen LogP contribution in [0.25, 0.3) is 0 Å².